The molecule has 1 aromatic rings. The highest BCUT2D eigenvalue weighted by atomic mass is 16.4. The van der Waals surface area contributed by atoms with E-state index in [2.05, 4.69) is 5.32 Å². The summed E-state index contributed by atoms with van der Waals surface area (Å²) in [7, 11) is 0. The summed E-state index contributed by atoms with van der Waals surface area (Å²) in [5.41, 5.74) is 2.69. The Morgan fingerprint density at radius 3 is 3.00 bits per heavy atom. The molecule has 2 N–H and O–H groups in total. The van der Waals surface area contributed by atoms with E-state index >= 15 is 0 Å². The molecule has 1 aliphatic rings. The maximum Gasteiger partial charge on any atom is 0.303 e. The largest absolute Gasteiger partial charge is 0.481 e. The first-order chi connectivity index (χ1) is 7.58. The molecule has 4 nitrogen and oxygen atoms in total. The number of rotatable bonds is 2. The molecule has 0 fully saturated rings. The predicted molar refractivity (Wildman–Crippen MR) is 59.4 cm³/mol. The van der Waals surface area contributed by atoms with Crippen molar-refractivity contribution in [2.45, 2.75) is 25.7 Å². The quantitative estimate of drug-likeness (QED) is 0.798. The van der Waals surface area contributed by atoms with E-state index in [4.69, 9.17) is 5.11 Å². The second-order valence-corrected chi connectivity index (χ2v) is 4.09. The molecule has 1 heterocycles. The van der Waals surface area contributed by atoms with Crippen LogP contribution in [0.2, 0.25) is 0 Å². The van der Waals surface area contributed by atoms with Crippen LogP contribution in [0.3, 0.4) is 0 Å². The standard InChI is InChI=1S/C12H13NO3/c1-7-3-2-4-9-8(6-11(15)16)5-10(14)13-12(7)9/h2-4,8H,5-6H2,1H3,(H,13,14)(H,15,16). The van der Waals surface area contributed by atoms with Crippen molar-refractivity contribution in [2.75, 3.05) is 5.32 Å². The summed E-state index contributed by atoms with van der Waals surface area (Å²) in [6.07, 6.45) is 0.257. The van der Waals surface area contributed by atoms with Crippen LogP contribution in [0.1, 0.15) is 29.9 Å². The first kappa shape index (κ1) is 10.7. The number of aliphatic carboxylic acids is 1. The van der Waals surface area contributed by atoms with E-state index in [0.717, 1.165) is 16.8 Å². The van der Waals surface area contributed by atoms with Crippen molar-refractivity contribution in [2.24, 2.45) is 0 Å². The lowest BCUT2D eigenvalue weighted by atomic mass is 9.86. The zero-order valence-electron chi connectivity index (χ0n) is 8.99. The second-order valence-electron chi connectivity index (χ2n) is 4.09. The van der Waals surface area contributed by atoms with Gasteiger partial charge in [-0.05, 0) is 18.1 Å². The molecule has 1 aliphatic heterocycles. The Balaban J connectivity index is 2.41. The molecule has 1 aromatic carbocycles. The number of carboxylic acids is 1. The molecule has 1 atom stereocenters. The van der Waals surface area contributed by atoms with Crippen molar-refractivity contribution in [3.8, 4) is 0 Å². The normalized spacial score (nSPS) is 18.8. The minimum Gasteiger partial charge on any atom is -0.481 e. The average Bonchev–Trinajstić information content (AvgIpc) is 2.18. The number of amides is 1. The van der Waals surface area contributed by atoms with Gasteiger partial charge in [0.25, 0.3) is 0 Å². The Bertz CT molecular complexity index is 454. The monoisotopic (exact) mass is 219 g/mol. The van der Waals surface area contributed by atoms with Gasteiger partial charge < -0.3 is 10.4 Å². The molecule has 1 unspecified atom stereocenters. The molecule has 0 saturated heterocycles. The van der Waals surface area contributed by atoms with Crippen LogP contribution in [0.5, 0.6) is 0 Å². The van der Waals surface area contributed by atoms with Gasteiger partial charge in [0.2, 0.25) is 5.91 Å². The number of anilines is 1. The van der Waals surface area contributed by atoms with E-state index in [-0.39, 0.29) is 24.7 Å². The highest BCUT2D eigenvalue weighted by molar-refractivity contribution is 5.96. The van der Waals surface area contributed by atoms with Crippen LogP contribution in [0.15, 0.2) is 18.2 Å². The molecule has 1 amide bonds. The van der Waals surface area contributed by atoms with E-state index < -0.39 is 5.97 Å². The number of hydrogen-bond donors (Lipinski definition) is 2. The minimum absolute atomic E-state index is 0.00384. The van der Waals surface area contributed by atoms with Crippen molar-refractivity contribution >= 4 is 17.6 Å². The van der Waals surface area contributed by atoms with Crippen LogP contribution in [-0.4, -0.2) is 17.0 Å². The first-order valence-electron chi connectivity index (χ1n) is 5.19. The van der Waals surface area contributed by atoms with Gasteiger partial charge in [-0.2, -0.15) is 0 Å². The van der Waals surface area contributed by atoms with Gasteiger partial charge in [-0.3, -0.25) is 9.59 Å². The van der Waals surface area contributed by atoms with E-state index in [1.54, 1.807) is 0 Å². The Morgan fingerprint density at radius 1 is 1.56 bits per heavy atom. The lowest BCUT2D eigenvalue weighted by molar-refractivity contribution is -0.137. The van der Waals surface area contributed by atoms with Crippen LogP contribution >= 0.6 is 0 Å². The molecular weight excluding hydrogens is 206 g/mol. The molecule has 0 aliphatic carbocycles. The molecule has 16 heavy (non-hydrogen) atoms. The Morgan fingerprint density at radius 2 is 2.31 bits per heavy atom. The lowest BCUT2D eigenvalue weighted by Crippen LogP contribution is -2.25. The van der Waals surface area contributed by atoms with Crippen LogP contribution in [0.4, 0.5) is 5.69 Å². The van der Waals surface area contributed by atoms with Gasteiger partial charge in [0.05, 0.1) is 6.42 Å². The SMILES string of the molecule is Cc1cccc2c1NC(=O)CC2CC(=O)O. The first-order valence-corrected chi connectivity index (χ1v) is 5.19. The molecule has 4 heteroatoms. The van der Waals surface area contributed by atoms with Gasteiger partial charge in [-0.15, -0.1) is 0 Å². The van der Waals surface area contributed by atoms with Crippen LogP contribution < -0.4 is 5.32 Å². The van der Waals surface area contributed by atoms with Crippen molar-refractivity contribution in [3.63, 3.8) is 0 Å². The highest BCUT2D eigenvalue weighted by Gasteiger charge is 2.27. The summed E-state index contributed by atoms with van der Waals surface area (Å²) >= 11 is 0. The third-order valence-corrected chi connectivity index (χ3v) is 2.86. The van der Waals surface area contributed by atoms with Crippen LogP contribution in [0, 0.1) is 6.92 Å². The fourth-order valence-electron chi connectivity index (χ4n) is 2.12. The lowest BCUT2D eigenvalue weighted by Gasteiger charge is -2.25. The fraction of sp³-hybridized carbons (Fsp3) is 0.333. The molecule has 0 aromatic heterocycles. The zero-order valence-corrected chi connectivity index (χ0v) is 8.99. The molecule has 0 saturated carbocycles. The highest BCUT2D eigenvalue weighted by Crippen LogP contribution is 2.36. The number of carbonyl (C=O) groups is 2. The van der Waals surface area contributed by atoms with Gasteiger partial charge >= 0.3 is 5.97 Å². The van der Waals surface area contributed by atoms with Crippen molar-refractivity contribution in [1.82, 2.24) is 0 Å². The summed E-state index contributed by atoms with van der Waals surface area (Å²) in [6, 6.07) is 5.68. The Labute approximate surface area is 93.3 Å². The zero-order chi connectivity index (χ0) is 11.7. The third-order valence-electron chi connectivity index (χ3n) is 2.86. The summed E-state index contributed by atoms with van der Waals surface area (Å²) in [4.78, 5) is 22.2. The molecular formula is C12H13NO3. The number of carbonyl (C=O) groups excluding carboxylic acids is 1. The molecule has 0 radical (unpaired) electrons. The van der Waals surface area contributed by atoms with Gasteiger partial charge in [-0.1, -0.05) is 18.2 Å². The van der Waals surface area contributed by atoms with Crippen molar-refractivity contribution in [3.05, 3.63) is 29.3 Å². The predicted octanol–water partition coefficient (Wildman–Crippen LogP) is 1.90. The van der Waals surface area contributed by atoms with E-state index in [0.29, 0.717) is 0 Å². The van der Waals surface area contributed by atoms with Gasteiger partial charge in [-0.25, -0.2) is 0 Å². The van der Waals surface area contributed by atoms with Gasteiger partial charge in [0.15, 0.2) is 0 Å². The van der Waals surface area contributed by atoms with Crippen molar-refractivity contribution in [1.29, 1.82) is 0 Å². The molecule has 84 valence electrons. The summed E-state index contributed by atoms with van der Waals surface area (Å²) in [5, 5.41) is 11.6. The fourth-order valence-corrected chi connectivity index (χ4v) is 2.12. The topological polar surface area (TPSA) is 66.4 Å². The van der Waals surface area contributed by atoms with Gasteiger partial charge in [0.1, 0.15) is 0 Å². The second kappa shape index (κ2) is 3.96. The maximum absolute atomic E-state index is 11.5. The van der Waals surface area contributed by atoms with E-state index in [1.807, 2.05) is 25.1 Å². The van der Waals surface area contributed by atoms with Crippen LogP contribution in [-0.2, 0) is 9.59 Å². The van der Waals surface area contributed by atoms with E-state index in [9.17, 15) is 9.59 Å². The number of para-hydroxylation sites is 1. The summed E-state index contributed by atoms with van der Waals surface area (Å²) in [6.45, 7) is 1.91. The molecule has 0 bridgehead atoms. The third kappa shape index (κ3) is 1.91. The number of benzene rings is 1. The molecule has 0 spiro atoms. The number of fused-ring (bicyclic) bond motifs is 1. The summed E-state index contributed by atoms with van der Waals surface area (Å²) < 4.78 is 0. The minimum atomic E-state index is -0.868. The maximum atomic E-state index is 11.5. The number of nitrogens with one attached hydrogen (secondary N) is 1. The summed E-state index contributed by atoms with van der Waals surface area (Å²) in [5.74, 6) is -1.18. The van der Waals surface area contributed by atoms with E-state index in [1.165, 1.54) is 0 Å². The smallest absolute Gasteiger partial charge is 0.303 e. The molecule has 2 rings (SSSR count). The number of carboxylic acid groups (broad SMARTS) is 1. The number of hydrogen-bond acceptors (Lipinski definition) is 2. The Hall–Kier alpha value is -1.84. The van der Waals surface area contributed by atoms with Gasteiger partial charge in [0, 0.05) is 18.0 Å². The Kier molecular flexibility index (Phi) is 2.64. The number of aryl methyl sites for hydroxylation is 1. The van der Waals surface area contributed by atoms with Crippen molar-refractivity contribution < 1.29 is 14.7 Å². The van der Waals surface area contributed by atoms with Crippen LogP contribution in [0.25, 0.3) is 0 Å². The average molecular weight is 219 g/mol.